The van der Waals surface area contributed by atoms with Crippen molar-refractivity contribution in [3.05, 3.63) is 29.8 Å². The highest BCUT2D eigenvalue weighted by Gasteiger charge is 2.64. The average Bonchev–Trinajstić information content (AvgIpc) is 3.41. The number of likely N-dealkylation sites (tertiary alicyclic amines) is 1. The number of nitrogens with one attached hydrogen (secondary N) is 3. The number of nitrogens with zero attached hydrogens (tertiary/aromatic N) is 2. The van der Waals surface area contributed by atoms with E-state index < -0.39 is 52.4 Å². The zero-order valence-corrected chi connectivity index (χ0v) is 20.7. The summed E-state index contributed by atoms with van der Waals surface area (Å²) in [4.78, 5) is 52.9. The van der Waals surface area contributed by atoms with Crippen LogP contribution in [0.2, 0.25) is 0 Å². The minimum Gasteiger partial charge on any atom is -0.336 e. The molecular weight excluding hydrogens is 491 g/mol. The maximum atomic E-state index is 13.7. The normalized spacial score (nSPS) is 24.6. The lowest BCUT2D eigenvalue weighted by molar-refractivity contribution is -0.171. The van der Waals surface area contributed by atoms with Crippen LogP contribution in [0.5, 0.6) is 0 Å². The van der Waals surface area contributed by atoms with Gasteiger partial charge in [0, 0.05) is 18.7 Å². The molecule has 1 spiro atoms. The molecule has 2 aliphatic heterocycles. The molecule has 4 rings (SSSR count). The molecule has 3 aliphatic rings. The molecule has 2 heterocycles. The van der Waals surface area contributed by atoms with Gasteiger partial charge in [-0.05, 0) is 36.3 Å². The van der Waals surface area contributed by atoms with E-state index in [0.717, 1.165) is 0 Å². The summed E-state index contributed by atoms with van der Waals surface area (Å²) < 4.78 is 39.7. The first-order valence-corrected chi connectivity index (χ1v) is 11.9. The Balaban J connectivity index is 1.56. The van der Waals surface area contributed by atoms with Crippen molar-refractivity contribution in [2.45, 2.75) is 75.7 Å². The molecular formula is C25H28F3N5O4. The Morgan fingerprint density at radius 3 is 2.41 bits per heavy atom. The third-order valence-corrected chi connectivity index (χ3v) is 7.19. The second-order valence-corrected chi connectivity index (χ2v) is 11.2. The summed E-state index contributed by atoms with van der Waals surface area (Å²) in [6.45, 7) is 5.25. The number of anilines is 1. The zero-order chi connectivity index (χ0) is 27.4. The van der Waals surface area contributed by atoms with Gasteiger partial charge in [0.05, 0.1) is 11.5 Å². The van der Waals surface area contributed by atoms with Crippen molar-refractivity contribution < 1.29 is 32.3 Å². The largest absolute Gasteiger partial charge is 0.411 e. The quantitative estimate of drug-likeness (QED) is 0.525. The summed E-state index contributed by atoms with van der Waals surface area (Å²) in [5.41, 5.74) is -2.86. The lowest BCUT2D eigenvalue weighted by Crippen LogP contribution is -2.57. The van der Waals surface area contributed by atoms with Crippen LogP contribution in [0.15, 0.2) is 24.3 Å². The molecule has 1 unspecified atom stereocenters. The Hall–Kier alpha value is -3.62. The lowest BCUT2D eigenvalue weighted by Gasteiger charge is -2.31. The van der Waals surface area contributed by atoms with Gasteiger partial charge in [-0.3, -0.25) is 19.2 Å². The van der Waals surface area contributed by atoms with E-state index in [0.29, 0.717) is 11.3 Å². The topological polar surface area (TPSA) is 131 Å². The summed E-state index contributed by atoms with van der Waals surface area (Å²) in [6.07, 6.45) is -5.28. The predicted molar refractivity (Wildman–Crippen MR) is 125 cm³/mol. The third-order valence-electron chi connectivity index (χ3n) is 7.19. The molecule has 0 radical (unpaired) electrons. The van der Waals surface area contributed by atoms with E-state index in [1.807, 2.05) is 0 Å². The number of benzene rings is 1. The maximum absolute atomic E-state index is 13.7. The molecule has 0 bridgehead atoms. The number of carbonyl (C=O) groups excluding carboxylic acids is 4. The molecule has 198 valence electrons. The number of carbonyl (C=O) groups is 4. The number of amides is 4. The molecule has 1 aromatic rings. The van der Waals surface area contributed by atoms with Crippen molar-refractivity contribution in [2.24, 2.45) is 5.41 Å². The smallest absolute Gasteiger partial charge is 0.336 e. The SMILES string of the molecule is CC(C)(C)C[C@H](NC(=O)C(=O)NC1(C(F)(F)F)CC1)C(=O)N1C[C@]2(CC1C#N)C(=O)Nc1ccccc12. The van der Waals surface area contributed by atoms with E-state index in [1.165, 1.54) is 4.90 Å². The van der Waals surface area contributed by atoms with Crippen LogP contribution in [0.1, 0.15) is 52.0 Å². The van der Waals surface area contributed by atoms with Gasteiger partial charge in [-0.25, -0.2) is 0 Å². The van der Waals surface area contributed by atoms with Crippen LogP contribution in [0.3, 0.4) is 0 Å². The standard InChI is InChI=1S/C25H28F3N5O4/c1-22(2,3)11-17(30-18(34)19(35)32-24(8-9-24)25(26,27)28)20(36)33-13-23(10-14(33)12-29)15-6-4-5-7-16(15)31-21(23)37/h4-7,14,17H,8-11,13H2,1-3H3,(H,30,34)(H,31,37)(H,32,35)/t14?,17-,23-/m0/s1. The van der Waals surface area contributed by atoms with Crippen molar-refractivity contribution in [3.8, 4) is 6.07 Å². The van der Waals surface area contributed by atoms with Crippen molar-refractivity contribution in [1.29, 1.82) is 5.26 Å². The van der Waals surface area contributed by atoms with Crippen molar-refractivity contribution in [1.82, 2.24) is 15.5 Å². The van der Waals surface area contributed by atoms with Gasteiger partial charge in [0.2, 0.25) is 11.8 Å². The van der Waals surface area contributed by atoms with Gasteiger partial charge < -0.3 is 20.9 Å². The lowest BCUT2D eigenvalue weighted by atomic mass is 9.80. The second kappa shape index (κ2) is 8.75. The van der Waals surface area contributed by atoms with Gasteiger partial charge in [-0.2, -0.15) is 18.4 Å². The van der Waals surface area contributed by atoms with Gasteiger partial charge in [0.1, 0.15) is 17.6 Å². The Bertz CT molecular complexity index is 1200. The minimum absolute atomic E-state index is 0.0414. The fourth-order valence-corrected chi connectivity index (χ4v) is 5.10. The number of para-hydroxylation sites is 1. The molecule has 37 heavy (non-hydrogen) atoms. The number of halogens is 3. The van der Waals surface area contributed by atoms with Gasteiger partial charge in [0.25, 0.3) is 0 Å². The van der Waals surface area contributed by atoms with Crippen LogP contribution in [-0.4, -0.2) is 58.9 Å². The van der Waals surface area contributed by atoms with E-state index in [1.54, 1.807) is 50.4 Å². The predicted octanol–water partition coefficient (Wildman–Crippen LogP) is 2.13. The molecule has 3 N–H and O–H groups in total. The Labute approximate surface area is 211 Å². The molecule has 2 fully saturated rings. The average molecular weight is 520 g/mol. The van der Waals surface area contributed by atoms with Crippen LogP contribution in [0.4, 0.5) is 18.9 Å². The fraction of sp³-hybridized carbons (Fsp3) is 0.560. The first-order chi connectivity index (χ1) is 17.1. The van der Waals surface area contributed by atoms with E-state index in [2.05, 4.69) is 16.7 Å². The number of fused-ring (bicyclic) bond motifs is 2. The number of nitriles is 1. The minimum atomic E-state index is -4.70. The Morgan fingerprint density at radius 1 is 1.19 bits per heavy atom. The van der Waals surface area contributed by atoms with Crippen LogP contribution >= 0.6 is 0 Å². The van der Waals surface area contributed by atoms with Crippen molar-refractivity contribution >= 4 is 29.3 Å². The van der Waals surface area contributed by atoms with Crippen LogP contribution < -0.4 is 16.0 Å². The van der Waals surface area contributed by atoms with Crippen LogP contribution in [0.25, 0.3) is 0 Å². The Morgan fingerprint density at radius 2 is 1.84 bits per heavy atom. The van der Waals surface area contributed by atoms with Gasteiger partial charge in [-0.1, -0.05) is 39.0 Å². The summed E-state index contributed by atoms with van der Waals surface area (Å²) in [6, 6.07) is 6.75. The van der Waals surface area contributed by atoms with Gasteiger partial charge in [-0.15, -0.1) is 0 Å². The van der Waals surface area contributed by atoms with Gasteiger partial charge >= 0.3 is 18.0 Å². The van der Waals surface area contributed by atoms with Crippen LogP contribution in [0, 0.1) is 16.7 Å². The third kappa shape index (κ3) is 4.74. The highest BCUT2D eigenvalue weighted by atomic mass is 19.4. The van der Waals surface area contributed by atoms with E-state index >= 15 is 0 Å². The molecule has 12 heteroatoms. The molecule has 1 aromatic carbocycles. The summed E-state index contributed by atoms with van der Waals surface area (Å²) >= 11 is 0. The number of rotatable bonds is 4. The molecule has 3 atom stereocenters. The van der Waals surface area contributed by atoms with Gasteiger partial charge in [0.15, 0.2) is 0 Å². The summed E-state index contributed by atoms with van der Waals surface area (Å²) in [5, 5.41) is 16.7. The first-order valence-electron chi connectivity index (χ1n) is 11.9. The van der Waals surface area contributed by atoms with Crippen molar-refractivity contribution in [2.75, 3.05) is 11.9 Å². The van der Waals surface area contributed by atoms with Crippen LogP contribution in [-0.2, 0) is 24.6 Å². The molecule has 0 aromatic heterocycles. The number of alkyl halides is 3. The molecule has 1 saturated carbocycles. The molecule has 4 amide bonds. The summed E-state index contributed by atoms with van der Waals surface area (Å²) in [5.74, 6) is -3.89. The van der Waals surface area contributed by atoms with E-state index in [9.17, 15) is 37.6 Å². The first kappa shape index (κ1) is 26.4. The van der Waals surface area contributed by atoms with E-state index in [-0.39, 0.29) is 38.1 Å². The monoisotopic (exact) mass is 519 g/mol. The number of hydrogen-bond acceptors (Lipinski definition) is 5. The Kier molecular flexibility index (Phi) is 6.25. The number of hydrogen-bond donors (Lipinski definition) is 3. The van der Waals surface area contributed by atoms with Crippen molar-refractivity contribution in [3.63, 3.8) is 0 Å². The fourth-order valence-electron chi connectivity index (χ4n) is 5.10. The maximum Gasteiger partial charge on any atom is 0.411 e. The molecule has 1 saturated heterocycles. The molecule has 1 aliphatic carbocycles. The second-order valence-electron chi connectivity index (χ2n) is 11.2. The highest BCUT2D eigenvalue weighted by Crippen LogP contribution is 2.49. The highest BCUT2D eigenvalue weighted by molar-refractivity contribution is 6.35. The van der Waals surface area contributed by atoms with E-state index in [4.69, 9.17) is 0 Å². The zero-order valence-electron chi connectivity index (χ0n) is 20.7. The molecule has 9 nitrogen and oxygen atoms in total. The summed E-state index contributed by atoms with van der Waals surface area (Å²) in [7, 11) is 0.